The van der Waals surface area contributed by atoms with Crippen molar-refractivity contribution in [3.05, 3.63) is 66.2 Å². The monoisotopic (exact) mass is 601 g/mol. The highest BCUT2D eigenvalue weighted by Gasteiger charge is 2.28. The molecule has 2 aromatic carbocycles. The summed E-state index contributed by atoms with van der Waals surface area (Å²) in [6.07, 6.45) is 0.227. The number of thioether (sulfide) groups is 1. The van der Waals surface area contributed by atoms with Crippen LogP contribution in [0.5, 0.6) is 0 Å². The lowest BCUT2D eigenvalue weighted by Gasteiger charge is -2.29. The quantitative estimate of drug-likeness (QED) is 0.117. The van der Waals surface area contributed by atoms with Gasteiger partial charge in [0.25, 0.3) is 0 Å². The molecular weight excluding hydrogens is 558 g/mol. The third-order valence-corrected chi connectivity index (χ3v) is 6.88. The van der Waals surface area contributed by atoms with Crippen molar-refractivity contribution < 1.29 is 33.4 Å². The highest BCUT2D eigenvalue weighted by molar-refractivity contribution is 7.99. The van der Waals surface area contributed by atoms with Gasteiger partial charge in [0, 0.05) is 30.3 Å². The maximum atomic E-state index is 13.7. The molecule has 0 unspecified atom stereocenters. The van der Waals surface area contributed by atoms with Crippen molar-refractivity contribution in [2.75, 3.05) is 32.5 Å². The standard InChI is InChI=1S/C31H43N3O7S/c1-31(2,3)41-30(38)33-26(17-11-12-19-32-29(37)40-23-24-13-7-5-8-14-24)28(36)34(20-18-27(35)39-4)21-22-42-25-15-9-6-10-16-25/h5-10,13-16,26H,11-12,17-23H2,1-4H3,(H,32,37)(H,33,38)/t26-/m0/s1. The Morgan fingerprint density at radius 1 is 0.905 bits per heavy atom. The van der Waals surface area contributed by atoms with E-state index in [0.29, 0.717) is 38.1 Å². The fourth-order valence-electron chi connectivity index (χ4n) is 3.82. The summed E-state index contributed by atoms with van der Waals surface area (Å²) >= 11 is 1.60. The van der Waals surface area contributed by atoms with Crippen molar-refractivity contribution in [2.24, 2.45) is 0 Å². The van der Waals surface area contributed by atoms with Crippen molar-refractivity contribution >= 4 is 35.8 Å². The summed E-state index contributed by atoms with van der Waals surface area (Å²) < 4.78 is 15.4. The van der Waals surface area contributed by atoms with Crippen molar-refractivity contribution in [3.8, 4) is 0 Å². The van der Waals surface area contributed by atoms with Crippen LogP contribution in [0, 0.1) is 0 Å². The normalized spacial score (nSPS) is 11.6. The number of rotatable bonds is 16. The molecule has 0 radical (unpaired) electrons. The van der Waals surface area contributed by atoms with E-state index in [2.05, 4.69) is 10.6 Å². The van der Waals surface area contributed by atoms with Crippen LogP contribution in [-0.2, 0) is 30.4 Å². The second-order valence-corrected chi connectivity index (χ2v) is 11.7. The van der Waals surface area contributed by atoms with Crippen LogP contribution < -0.4 is 10.6 Å². The Hall–Kier alpha value is -3.73. The molecule has 0 spiro atoms. The lowest BCUT2D eigenvalue weighted by Crippen LogP contribution is -2.50. The van der Waals surface area contributed by atoms with Crippen LogP contribution in [0.25, 0.3) is 0 Å². The second-order valence-electron chi connectivity index (χ2n) is 10.5. The Morgan fingerprint density at radius 2 is 1.57 bits per heavy atom. The van der Waals surface area contributed by atoms with Gasteiger partial charge in [-0.15, -0.1) is 11.8 Å². The number of nitrogens with one attached hydrogen (secondary N) is 2. The zero-order valence-electron chi connectivity index (χ0n) is 24.9. The molecule has 0 aliphatic carbocycles. The van der Waals surface area contributed by atoms with Gasteiger partial charge in [-0.2, -0.15) is 0 Å². The maximum Gasteiger partial charge on any atom is 0.408 e. The lowest BCUT2D eigenvalue weighted by molar-refractivity contribution is -0.142. The number of nitrogens with zero attached hydrogens (tertiary/aromatic N) is 1. The fourth-order valence-corrected chi connectivity index (χ4v) is 4.71. The summed E-state index contributed by atoms with van der Waals surface area (Å²) in [5.74, 6) is -0.135. The van der Waals surface area contributed by atoms with Crippen LogP contribution in [0.15, 0.2) is 65.6 Å². The van der Waals surface area contributed by atoms with Gasteiger partial charge in [-0.3, -0.25) is 9.59 Å². The minimum atomic E-state index is -0.871. The van der Waals surface area contributed by atoms with Crippen LogP contribution in [0.2, 0.25) is 0 Å². The predicted octanol–water partition coefficient (Wildman–Crippen LogP) is 5.16. The average Bonchev–Trinajstić information content (AvgIpc) is 2.96. The molecule has 10 nitrogen and oxygen atoms in total. The number of carbonyl (C=O) groups excluding carboxylic acids is 4. The largest absolute Gasteiger partial charge is 0.469 e. The molecule has 42 heavy (non-hydrogen) atoms. The Bertz CT molecular complexity index is 1110. The van der Waals surface area contributed by atoms with Gasteiger partial charge in [0.1, 0.15) is 18.2 Å². The molecule has 0 saturated heterocycles. The predicted molar refractivity (Wildman–Crippen MR) is 162 cm³/mol. The van der Waals surface area contributed by atoms with Gasteiger partial charge in [0.2, 0.25) is 5.91 Å². The molecule has 2 N–H and O–H groups in total. The van der Waals surface area contributed by atoms with Gasteiger partial charge in [0.15, 0.2) is 0 Å². The molecule has 2 aromatic rings. The number of carbonyl (C=O) groups is 4. The molecule has 230 valence electrons. The van der Waals surface area contributed by atoms with E-state index in [1.54, 1.807) is 37.4 Å². The molecule has 0 aliphatic rings. The van der Waals surface area contributed by atoms with Gasteiger partial charge in [-0.05, 0) is 57.7 Å². The van der Waals surface area contributed by atoms with Crippen molar-refractivity contribution in [2.45, 2.75) is 69.6 Å². The van der Waals surface area contributed by atoms with Gasteiger partial charge in [-0.25, -0.2) is 9.59 Å². The van der Waals surface area contributed by atoms with Crippen molar-refractivity contribution in [1.82, 2.24) is 15.5 Å². The van der Waals surface area contributed by atoms with Gasteiger partial charge >= 0.3 is 18.2 Å². The van der Waals surface area contributed by atoms with Crippen LogP contribution in [0.1, 0.15) is 52.0 Å². The van der Waals surface area contributed by atoms with Crippen LogP contribution in [-0.4, -0.2) is 73.1 Å². The number of hydrogen-bond donors (Lipinski definition) is 2. The summed E-state index contributed by atoms with van der Waals surface area (Å²) in [6.45, 7) is 6.28. The first kappa shape index (κ1) is 34.5. The van der Waals surface area contributed by atoms with E-state index in [-0.39, 0.29) is 25.5 Å². The Kier molecular flexibility index (Phi) is 15.3. The number of ether oxygens (including phenoxy) is 3. The SMILES string of the molecule is COC(=O)CCN(CCSc1ccccc1)C(=O)[C@H](CCCCNC(=O)OCc1ccccc1)NC(=O)OC(C)(C)C. The van der Waals surface area contributed by atoms with Crippen molar-refractivity contribution in [3.63, 3.8) is 0 Å². The first-order valence-electron chi connectivity index (χ1n) is 14.0. The van der Waals surface area contributed by atoms with Gasteiger partial charge in [0.05, 0.1) is 13.5 Å². The molecule has 0 aromatic heterocycles. The van der Waals surface area contributed by atoms with E-state index in [1.165, 1.54) is 7.11 Å². The zero-order chi connectivity index (χ0) is 30.8. The lowest BCUT2D eigenvalue weighted by atomic mass is 10.1. The van der Waals surface area contributed by atoms with E-state index in [0.717, 1.165) is 10.5 Å². The molecule has 0 heterocycles. The van der Waals surface area contributed by atoms with Crippen LogP contribution >= 0.6 is 11.8 Å². The summed E-state index contributed by atoms with van der Waals surface area (Å²) in [5.41, 5.74) is 0.152. The van der Waals surface area contributed by atoms with Crippen LogP contribution in [0.4, 0.5) is 9.59 Å². The molecule has 2 rings (SSSR count). The first-order valence-corrected chi connectivity index (χ1v) is 15.0. The number of alkyl carbamates (subject to hydrolysis) is 2. The highest BCUT2D eigenvalue weighted by atomic mass is 32.2. The molecule has 0 aliphatic heterocycles. The molecule has 1 atom stereocenters. The molecule has 0 fully saturated rings. The first-order chi connectivity index (χ1) is 20.1. The Morgan fingerprint density at radius 3 is 2.21 bits per heavy atom. The summed E-state index contributed by atoms with van der Waals surface area (Å²) in [6, 6.07) is 18.3. The van der Waals surface area contributed by atoms with E-state index < -0.39 is 29.8 Å². The minimum absolute atomic E-state index is 0.0341. The number of unbranched alkanes of at least 4 members (excludes halogenated alkanes) is 1. The summed E-state index contributed by atoms with van der Waals surface area (Å²) in [7, 11) is 1.30. The number of esters is 1. The van der Waals surface area contributed by atoms with E-state index in [9.17, 15) is 19.2 Å². The Balaban J connectivity index is 1.96. The van der Waals surface area contributed by atoms with Crippen LogP contribution in [0.3, 0.4) is 0 Å². The zero-order valence-corrected chi connectivity index (χ0v) is 25.7. The maximum absolute atomic E-state index is 13.7. The highest BCUT2D eigenvalue weighted by Crippen LogP contribution is 2.18. The molecule has 3 amide bonds. The molecule has 11 heteroatoms. The van der Waals surface area contributed by atoms with Crippen molar-refractivity contribution in [1.29, 1.82) is 0 Å². The number of hydrogen-bond acceptors (Lipinski definition) is 8. The average molecular weight is 602 g/mol. The molecule has 0 saturated carbocycles. The van der Waals surface area contributed by atoms with E-state index in [4.69, 9.17) is 14.2 Å². The minimum Gasteiger partial charge on any atom is -0.469 e. The summed E-state index contributed by atoms with van der Waals surface area (Å²) in [5, 5.41) is 5.42. The third-order valence-electron chi connectivity index (χ3n) is 5.89. The van der Waals surface area contributed by atoms with Gasteiger partial charge in [-0.1, -0.05) is 48.5 Å². The smallest absolute Gasteiger partial charge is 0.408 e. The van der Waals surface area contributed by atoms with Gasteiger partial charge < -0.3 is 29.7 Å². The molecular formula is C31H43N3O7S. The second kappa shape index (κ2) is 18.7. The van der Waals surface area contributed by atoms with E-state index >= 15 is 0 Å². The molecule has 0 bridgehead atoms. The number of benzene rings is 2. The fraction of sp³-hybridized carbons (Fsp3) is 0.484. The number of methoxy groups -OCH3 is 1. The Labute approximate surface area is 252 Å². The third kappa shape index (κ3) is 14.8. The van der Waals surface area contributed by atoms with E-state index in [1.807, 2.05) is 60.7 Å². The number of amides is 3. The summed E-state index contributed by atoms with van der Waals surface area (Å²) in [4.78, 5) is 52.8. The topological polar surface area (TPSA) is 123 Å².